The lowest BCUT2D eigenvalue weighted by molar-refractivity contribution is 0.0931. The number of amides is 1. The highest BCUT2D eigenvalue weighted by Crippen LogP contribution is 2.21. The van der Waals surface area contributed by atoms with Gasteiger partial charge in [-0.2, -0.15) is 0 Å². The molecule has 0 aliphatic carbocycles. The third-order valence-electron chi connectivity index (χ3n) is 3.15. The van der Waals surface area contributed by atoms with Crippen LogP contribution in [0.1, 0.15) is 29.0 Å². The van der Waals surface area contributed by atoms with E-state index in [4.69, 9.17) is 8.94 Å². The molecule has 0 fully saturated rings. The van der Waals surface area contributed by atoms with Crippen LogP contribution in [0.3, 0.4) is 0 Å². The first-order valence-corrected chi connectivity index (χ1v) is 6.60. The second-order valence-electron chi connectivity index (χ2n) is 4.66. The number of nitrogens with one attached hydrogen (secondary N) is 1. The molecule has 1 N–H and O–H groups in total. The maximum Gasteiger partial charge on any atom is 0.273 e. The molecular formula is C16H14N2O3. The number of furan rings is 1. The summed E-state index contributed by atoms with van der Waals surface area (Å²) in [6.07, 6.45) is 1.54. The van der Waals surface area contributed by atoms with Crippen LogP contribution in [0.25, 0.3) is 11.5 Å². The van der Waals surface area contributed by atoms with Crippen LogP contribution in [0.2, 0.25) is 0 Å². The molecule has 2 aromatic heterocycles. The van der Waals surface area contributed by atoms with Gasteiger partial charge in [0, 0.05) is 6.07 Å². The number of carbonyl (C=O) groups is 1. The summed E-state index contributed by atoms with van der Waals surface area (Å²) in [5.74, 6) is 0.683. The Morgan fingerprint density at radius 2 is 1.95 bits per heavy atom. The zero-order valence-corrected chi connectivity index (χ0v) is 11.4. The summed E-state index contributed by atoms with van der Waals surface area (Å²) < 4.78 is 10.3. The van der Waals surface area contributed by atoms with Gasteiger partial charge in [0.05, 0.1) is 12.3 Å². The zero-order valence-electron chi connectivity index (χ0n) is 11.4. The number of nitrogens with zero attached hydrogens (tertiary/aromatic N) is 1. The van der Waals surface area contributed by atoms with Crippen LogP contribution in [0.15, 0.2) is 63.7 Å². The third-order valence-corrected chi connectivity index (χ3v) is 3.15. The molecule has 0 aliphatic heterocycles. The second-order valence-corrected chi connectivity index (χ2v) is 4.66. The smallest absolute Gasteiger partial charge is 0.273 e. The summed E-state index contributed by atoms with van der Waals surface area (Å²) in [5.41, 5.74) is 1.25. The molecule has 3 aromatic rings. The number of benzene rings is 1. The van der Waals surface area contributed by atoms with Crippen molar-refractivity contribution >= 4 is 5.91 Å². The lowest BCUT2D eigenvalue weighted by Gasteiger charge is -2.12. The van der Waals surface area contributed by atoms with Gasteiger partial charge >= 0.3 is 0 Å². The van der Waals surface area contributed by atoms with Crippen molar-refractivity contribution in [2.24, 2.45) is 0 Å². The van der Waals surface area contributed by atoms with Gasteiger partial charge in [0.25, 0.3) is 5.91 Å². The highest BCUT2D eigenvalue weighted by molar-refractivity contribution is 5.93. The first-order chi connectivity index (χ1) is 10.2. The SMILES string of the molecule is C[C@@H](NC(=O)c1cc(-c2ccco2)on1)c1ccccc1. The molecule has 3 rings (SSSR count). The molecule has 1 atom stereocenters. The molecule has 0 radical (unpaired) electrons. The van der Waals surface area contributed by atoms with E-state index < -0.39 is 0 Å². The van der Waals surface area contributed by atoms with Gasteiger partial charge in [0.15, 0.2) is 11.5 Å². The maximum absolute atomic E-state index is 12.1. The van der Waals surface area contributed by atoms with Crippen LogP contribution in [0.4, 0.5) is 0 Å². The van der Waals surface area contributed by atoms with Crippen molar-refractivity contribution in [2.45, 2.75) is 13.0 Å². The minimum Gasteiger partial charge on any atom is -0.461 e. The van der Waals surface area contributed by atoms with E-state index in [0.29, 0.717) is 11.5 Å². The predicted octanol–water partition coefficient (Wildman–Crippen LogP) is 3.43. The van der Waals surface area contributed by atoms with Crippen molar-refractivity contribution in [2.75, 3.05) is 0 Å². The number of rotatable bonds is 4. The van der Waals surface area contributed by atoms with Gasteiger partial charge in [-0.1, -0.05) is 35.5 Å². The highest BCUT2D eigenvalue weighted by Gasteiger charge is 2.17. The van der Waals surface area contributed by atoms with E-state index in [1.54, 1.807) is 18.2 Å². The topological polar surface area (TPSA) is 68.3 Å². The van der Waals surface area contributed by atoms with Gasteiger partial charge in [0.2, 0.25) is 5.76 Å². The predicted molar refractivity (Wildman–Crippen MR) is 76.5 cm³/mol. The van der Waals surface area contributed by atoms with Gasteiger partial charge in [0.1, 0.15) is 0 Å². The summed E-state index contributed by atoms with van der Waals surface area (Å²) in [7, 11) is 0. The first kappa shape index (κ1) is 13.2. The van der Waals surface area contributed by atoms with Crippen molar-refractivity contribution in [1.82, 2.24) is 10.5 Å². The minimum absolute atomic E-state index is 0.109. The lowest BCUT2D eigenvalue weighted by atomic mass is 10.1. The Morgan fingerprint density at radius 1 is 1.14 bits per heavy atom. The van der Waals surface area contributed by atoms with Crippen LogP contribution in [-0.2, 0) is 0 Å². The van der Waals surface area contributed by atoms with Crippen molar-refractivity contribution < 1.29 is 13.7 Å². The van der Waals surface area contributed by atoms with Gasteiger partial charge in [-0.3, -0.25) is 4.79 Å². The molecule has 0 aliphatic rings. The van der Waals surface area contributed by atoms with Crippen molar-refractivity contribution in [3.8, 4) is 11.5 Å². The fourth-order valence-electron chi connectivity index (χ4n) is 2.01. The molecule has 5 heteroatoms. The van der Waals surface area contributed by atoms with E-state index in [0.717, 1.165) is 5.56 Å². The number of aromatic nitrogens is 1. The fraction of sp³-hybridized carbons (Fsp3) is 0.125. The molecule has 21 heavy (non-hydrogen) atoms. The van der Waals surface area contributed by atoms with Crippen molar-refractivity contribution in [3.05, 3.63) is 66.1 Å². The van der Waals surface area contributed by atoms with E-state index >= 15 is 0 Å². The molecule has 0 unspecified atom stereocenters. The monoisotopic (exact) mass is 282 g/mol. The van der Waals surface area contributed by atoms with Gasteiger partial charge in [-0.05, 0) is 24.6 Å². The van der Waals surface area contributed by atoms with Crippen LogP contribution in [-0.4, -0.2) is 11.1 Å². The zero-order chi connectivity index (χ0) is 14.7. The third kappa shape index (κ3) is 2.86. The standard InChI is InChI=1S/C16H14N2O3/c1-11(12-6-3-2-4-7-12)17-16(19)13-10-15(21-18-13)14-8-5-9-20-14/h2-11H,1H3,(H,17,19)/t11-/m1/s1. The van der Waals surface area contributed by atoms with Gasteiger partial charge in [-0.25, -0.2) is 0 Å². The molecule has 106 valence electrons. The Labute approximate surface area is 121 Å². The Bertz CT molecular complexity index is 717. The molecule has 0 saturated carbocycles. The number of hydrogen-bond donors (Lipinski definition) is 1. The molecule has 2 heterocycles. The van der Waals surface area contributed by atoms with E-state index in [1.807, 2.05) is 37.3 Å². The largest absolute Gasteiger partial charge is 0.461 e. The Hall–Kier alpha value is -2.82. The normalized spacial score (nSPS) is 12.0. The van der Waals surface area contributed by atoms with E-state index in [-0.39, 0.29) is 17.6 Å². The molecular weight excluding hydrogens is 268 g/mol. The fourth-order valence-corrected chi connectivity index (χ4v) is 2.01. The number of hydrogen-bond acceptors (Lipinski definition) is 4. The Morgan fingerprint density at radius 3 is 2.67 bits per heavy atom. The van der Waals surface area contributed by atoms with Crippen molar-refractivity contribution in [3.63, 3.8) is 0 Å². The quantitative estimate of drug-likeness (QED) is 0.796. The van der Waals surface area contributed by atoms with E-state index in [9.17, 15) is 4.79 Å². The van der Waals surface area contributed by atoms with Crippen molar-refractivity contribution in [1.29, 1.82) is 0 Å². The summed E-state index contributed by atoms with van der Waals surface area (Å²) in [6.45, 7) is 1.92. The van der Waals surface area contributed by atoms with Crippen LogP contribution in [0, 0.1) is 0 Å². The molecule has 1 amide bonds. The molecule has 0 saturated heterocycles. The van der Waals surface area contributed by atoms with E-state index in [1.165, 1.54) is 6.26 Å². The van der Waals surface area contributed by atoms with Gasteiger partial charge in [-0.15, -0.1) is 0 Å². The molecule has 1 aromatic carbocycles. The molecule has 0 bridgehead atoms. The Kier molecular flexibility index (Phi) is 3.55. The average molecular weight is 282 g/mol. The van der Waals surface area contributed by atoms with E-state index in [2.05, 4.69) is 10.5 Å². The minimum atomic E-state index is -0.284. The molecule has 5 nitrogen and oxygen atoms in total. The van der Waals surface area contributed by atoms with Crippen LogP contribution < -0.4 is 5.32 Å². The lowest BCUT2D eigenvalue weighted by Crippen LogP contribution is -2.26. The van der Waals surface area contributed by atoms with Crippen LogP contribution >= 0.6 is 0 Å². The Balaban J connectivity index is 1.71. The summed E-state index contributed by atoms with van der Waals surface area (Å²) in [4.78, 5) is 12.1. The first-order valence-electron chi connectivity index (χ1n) is 6.60. The summed E-state index contributed by atoms with van der Waals surface area (Å²) >= 11 is 0. The summed E-state index contributed by atoms with van der Waals surface area (Å²) in [6, 6.07) is 14.7. The highest BCUT2D eigenvalue weighted by atomic mass is 16.5. The number of carbonyl (C=O) groups excluding carboxylic acids is 1. The molecule has 0 spiro atoms. The van der Waals surface area contributed by atoms with Gasteiger partial charge < -0.3 is 14.3 Å². The van der Waals surface area contributed by atoms with Crippen LogP contribution in [0.5, 0.6) is 0 Å². The maximum atomic E-state index is 12.1. The second kappa shape index (κ2) is 5.66. The average Bonchev–Trinajstić information content (AvgIpc) is 3.19. The summed E-state index contributed by atoms with van der Waals surface area (Å²) in [5, 5.41) is 6.65.